The summed E-state index contributed by atoms with van der Waals surface area (Å²) in [5.74, 6) is -0.344. The number of fused-ring (bicyclic) bond motifs is 1. The standard InChI is InChI=1S/C25H23N5O3/c1-33-13-7-12-29-17-27-23-20(18-8-3-2-4-9-18)15-30(24(23)25(29)32)16-22(31)28-21-11-6-5-10-19(21)14-26/h2-6,8-11,15,17H,7,12-13,16H2,1H3,(H,28,31). The third kappa shape index (κ3) is 4.68. The number of hydrogen-bond donors (Lipinski definition) is 1. The molecule has 0 saturated heterocycles. The number of anilines is 1. The lowest BCUT2D eigenvalue weighted by Crippen LogP contribution is -2.25. The molecule has 8 nitrogen and oxygen atoms in total. The molecule has 0 radical (unpaired) electrons. The molecule has 0 aliphatic rings. The number of carbonyl (C=O) groups excluding carboxylic acids is 1. The summed E-state index contributed by atoms with van der Waals surface area (Å²) in [5.41, 5.74) is 3.16. The van der Waals surface area contributed by atoms with Crippen LogP contribution in [0.2, 0.25) is 0 Å². The number of amides is 1. The zero-order valence-electron chi connectivity index (χ0n) is 18.2. The maximum Gasteiger partial charge on any atom is 0.277 e. The van der Waals surface area contributed by atoms with Gasteiger partial charge in [0.2, 0.25) is 5.91 Å². The van der Waals surface area contributed by atoms with E-state index in [4.69, 9.17) is 4.74 Å². The van der Waals surface area contributed by atoms with E-state index >= 15 is 0 Å². The van der Waals surface area contributed by atoms with Crippen molar-refractivity contribution in [1.29, 1.82) is 5.26 Å². The summed E-state index contributed by atoms with van der Waals surface area (Å²) in [6.07, 6.45) is 3.99. The minimum atomic E-state index is -0.344. The van der Waals surface area contributed by atoms with Crippen LogP contribution in [0.5, 0.6) is 0 Å². The van der Waals surface area contributed by atoms with Gasteiger partial charge in [-0.25, -0.2) is 4.98 Å². The van der Waals surface area contributed by atoms with E-state index in [0.29, 0.717) is 41.9 Å². The summed E-state index contributed by atoms with van der Waals surface area (Å²) in [6.45, 7) is 0.896. The molecule has 4 aromatic rings. The van der Waals surface area contributed by atoms with Gasteiger partial charge in [0.1, 0.15) is 23.6 Å². The third-order valence-electron chi connectivity index (χ3n) is 5.31. The predicted octanol–water partition coefficient (Wildman–Crippen LogP) is 3.41. The molecule has 1 N–H and O–H groups in total. The average Bonchev–Trinajstić information content (AvgIpc) is 3.20. The molecule has 166 valence electrons. The van der Waals surface area contributed by atoms with Gasteiger partial charge in [0, 0.05) is 32.0 Å². The number of nitrogens with one attached hydrogen (secondary N) is 1. The van der Waals surface area contributed by atoms with E-state index in [1.165, 1.54) is 4.57 Å². The zero-order valence-corrected chi connectivity index (χ0v) is 18.2. The molecule has 0 unspecified atom stereocenters. The van der Waals surface area contributed by atoms with Crippen LogP contribution >= 0.6 is 0 Å². The lowest BCUT2D eigenvalue weighted by molar-refractivity contribution is -0.116. The summed E-state index contributed by atoms with van der Waals surface area (Å²) < 4.78 is 8.25. The Balaban J connectivity index is 1.74. The molecule has 8 heteroatoms. The van der Waals surface area contributed by atoms with Crippen molar-refractivity contribution in [3.63, 3.8) is 0 Å². The van der Waals surface area contributed by atoms with Gasteiger partial charge < -0.3 is 14.6 Å². The molecule has 2 aromatic heterocycles. The van der Waals surface area contributed by atoms with Crippen LogP contribution in [-0.2, 0) is 22.6 Å². The Kier molecular flexibility index (Phi) is 6.62. The molecule has 4 rings (SSSR count). The van der Waals surface area contributed by atoms with E-state index in [1.54, 1.807) is 48.5 Å². The Morgan fingerprint density at radius 2 is 1.88 bits per heavy atom. The normalized spacial score (nSPS) is 10.8. The van der Waals surface area contributed by atoms with Gasteiger partial charge in [-0.05, 0) is 24.1 Å². The number of hydrogen-bond acceptors (Lipinski definition) is 5. The van der Waals surface area contributed by atoms with Crippen molar-refractivity contribution >= 4 is 22.6 Å². The molecular formula is C25H23N5O3. The van der Waals surface area contributed by atoms with E-state index in [-0.39, 0.29) is 18.0 Å². The molecule has 2 heterocycles. The highest BCUT2D eigenvalue weighted by Crippen LogP contribution is 2.27. The van der Waals surface area contributed by atoms with Crippen LogP contribution in [0.25, 0.3) is 22.2 Å². The van der Waals surface area contributed by atoms with Gasteiger partial charge in [-0.15, -0.1) is 0 Å². The maximum atomic E-state index is 13.3. The Morgan fingerprint density at radius 1 is 1.12 bits per heavy atom. The monoisotopic (exact) mass is 441 g/mol. The zero-order chi connectivity index (χ0) is 23.2. The van der Waals surface area contributed by atoms with Crippen molar-refractivity contribution in [3.8, 4) is 17.2 Å². The fourth-order valence-electron chi connectivity index (χ4n) is 3.74. The minimum absolute atomic E-state index is 0.0951. The van der Waals surface area contributed by atoms with E-state index in [9.17, 15) is 14.9 Å². The van der Waals surface area contributed by atoms with E-state index in [2.05, 4.69) is 16.4 Å². The first kappa shape index (κ1) is 22.0. The molecule has 0 spiro atoms. The predicted molar refractivity (Wildman–Crippen MR) is 126 cm³/mol. The SMILES string of the molecule is COCCCn1cnc2c(-c3ccccc3)cn(CC(=O)Nc3ccccc3C#N)c2c1=O. The fraction of sp³-hybridized carbons (Fsp3) is 0.200. The van der Waals surface area contributed by atoms with Crippen molar-refractivity contribution in [2.45, 2.75) is 19.5 Å². The van der Waals surface area contributed by atoms with Crippen LogP contribution in [0, 0.1) is 11.3 Å². The van der Waals surface area contributed by atoms with Gasteiger partial charge >= 0.3 is 0 Å². The number of benzene rings is 2. The quantitative estimate of drug-likeness (QED) is 0.422. The van der Waals surface area contributed by atoms with Crippen LogP contribution in [0.15, 0.2) is 71.9 Å². The lowest BCUT2D eigenvalue weighted by Gasteiger charge is -2.09. The van der Waals surface area contributed by atoms with Gasteiger partial charge in [-0.1, -0.05) is 42.5 Å². The molecular weight excluding hydrogens is 418 g/mol. The average molecular weight is 441 g/mol. The summed E-state index contributed by atoms with van der Waals surface area (Å²) in [5, 5.41) is 12.1. The number of ether oxygens (including phenoxy) is 1. The summed E-state index contributed by atoms with van der Waals surface area (Å²) in [4.78, 5) is 30.7. The smallest absolute Gasteiger partial charge is 0.277 e. The second-order valence-corrected chi connectivity index (χ2v) is 7.53. The van der Waals surface area contributed by atoms with Gasteiger partial charge in [0.05, 0.1) is 17.6 Å². The minimum Gasteiger partial charge on any atom is -0.385 e. The van der Waals surface area contributed by atoms with Crippen molar-refractivity contribution in [1.82, 2.24) is 14.1 Å². The third-order valence-corrected chi connectivity index (χ3v) is 5.31. The Labute approximate surface area is 190 Å². The molecule has 0 aliphatic carbocycles. The Bertz CT molecular complexity index is 1380. The number of nitrogens with zero attached hydrogens (tertiary/aromatic N) is 4. The van der Waals surface area contributed by atoms with Gasteiger partial charge in [-0.3, -0.25) is 14.2 Å². The molecule has 0 aliphatic heterocycles. The molecule has 1 amide bonds. The number of carbonyl (C=O) groups is 1. The Morgan fingerprint density at radius 3 is 2.64 bits per heavy atom. The number of rotatable bonds is 8. The molecule has 0 atom stereocenters. The van der Waals surface area contributed by atoms with Crippen molar-refractivity contribution in [2.24, 2.45) is 0 Å². The van der Waals surface area contributed by atoms with Crippen molar-refractivity contribution in [2.75, 3.05) is 19.0 Å². The topological polar surface area (TPSA) is 102 Å². The first-order chi connectivity index (χ1) is 16.1. The summed E-state index contributed by atoms with van der Waals surface area (Å²) in [7, 11) is 1.62. The largest absolute Gasteiger partial charge is 0.385 e. The maximum absolute atomic E-state index is 13.3. The number of nitriles is 1. The number of aryl methyl sites for hydroxylation is 1. The fourth-order valence-corrected chi connectivity index (χ4v) is 3.74. The van der Waals surface area contributed by atoms with Gasteiger partial charge in [0.15, 0.2) is 0 Å². The summed E-state index contributed by atoms with van der Waals surface area (Å²) >= 11 is 0. The Hall–Kier alpha value is -4.22. The van der Waals surface area contributed by atoms with E-state index < -0.39 is 0 Å². The van der Waals surface area contributed by atoms with Crippen LogP contribution in [0.3, 0.4) is 0 Å². The first-order valence-corrected chi connectivity index (χ1v) is 10.5. The van der Waals surface area contributed by atoms with Crippen LogP contribution in [0.1, 0.15) is 12.0 Å². The molecule has 0 bridgehead atoms. The highest BCUT2D eigenvalue weighted by atomic mass is 16.5. The van der Waals surface area contributed by atoms with Crippen molar-refractivity contribution in [3.05, 3.63) is 83.0 Å². The second-order valence-electron chi connectivity index (χ2n) is 7.53. The summed E-state index contributed by atoms with van der Waals surface area (Å²) in [6, 6.07) is 18.5. The molecule has 2 aromatic carbocycles. The molecule has 33 heavy (non-hydrogen) atoms. The van der Waals surface area contributed by atoms with E-state index in [0.717, 1.165) is 11.1 Å². The number of aromatic nitrogens is 3. The lowest BCUT2D eigenvalue weighted by atomic mass is 10.1. The molecule has 0 saturated carbocycles. The van der Waals surface area contributed by atoms with E-state index in [1.807, 2.05) is 30.3 Å². The highest BCUT2D eigenvalue weighted by molar-refractivity contribution is 5.96. The van der Waals surface area contributed by atoms with Crippen LogP contribution < -0.4 is 10.9 Å². The first-order valence-electron chi connectivity index (χ1n) is 10.5. The number of para-hydroxylation sites is 1. The van der Waals surface area contributed by atoms with Gasteiger partial charge in [0.25, 0.3) is 5.56 Å². The molecule has 0 fully saturated rings. The van der Waals surface area contributed by atoms with Gasteiger partial charge in [-0.2, -0.15) is 5.26 Å². The van der Waals surface area contributed by atoms with Crippen molar-refractivity contribution < 1.29 is 9.53 Å². The van der Waals surface area contributed by atoms with Crippen LogP contribution in [-0.4, -0.2) is 33.7 Å². The highest BCUT2D eigenvalue weighted by Gasteiger charge is 2.18. The van der Waals surface area contributed by atoms with Crippen LogP contribution in [0.4, 0.5) is 5.69 Å². The number of methoxy groups -OCH3 is 1. The second kappa shape index (κ2) is 9.94.